The average Bonchev–Trinajstić information content (AvgIpc) is 2.67. The van der Waals surface area contributed by atoms with E-state index in [4.69, 9.17) is 0 Å². The zero-order chi connectivity index (χ0) is 20.5. The van der Waals surface area contributed by atoms with Gasteiger partial charge in [-0.2, -0.15) is 0 Å². The number of thioether (sulfide) groups is 1. The van der Waals surface area contributed by atoms with E-state index >= 15 is 0 Å². The minimum absolute atomic E-state index is 0.0000912. The summed E-state index contributed by atoms with van der Waals surface area (Å²) in [6.07, 6.45) is 2.35. The van der Waals surface area contributed by atoms with Crippen LogP contribution in [-0.2, 0) is 9.59 Å². The Morgan fingerprint density at radius 1 is 1.07 bits per heavy atom. The summed E-state index contributed by atoms with van der Waals surface area (Å²) in [5.41, 5.74) is 1.92. The highest BCUT2D eigenvalue weighted by molar-refractivity contribution is 8.00. The lowest BCUT2D eigenvalue weighted by Crippen LogP contribution is -2.14. The number of hydrogen-bond donors (Lipinski definition) is 2. The maximum absolute atomic E-state index is 12.1. The monoisotopic (exact) mass is 401 g/mol. The van der Waals surface area contributed by atoms with Crippen LogP contribution < -0.4 is 10.6 Å². The molecular formula is C20H23N3O4S. The van der Waals surface area contributed by atoms with Crippen LogP contribution in [-0.4, -0.2) is 22.5 Å². The van der Waals surface area contributed by atoms with Crippen LogP contribution in [0.1, 0.15) is 31.7 Å². The first-order valence-electron chi connectivity index (χ1n) is 8.96. The Balaban J connectivity index is 1.84. The molecule has 0 aliphatic carbocycles. The Bertz CT molecular complexity index is 853. The fourth-order valence-corrected chi connectivity index (χ4v) is 3.13. The van der Waals surface area contributed by atoms with Crippen molar-refractivity contribution >= 4 is 40.6 Å². The van der Waals surface area contributed by atoms with E-state index in [1.807, 2.05) is 31.2 Å². The van der Waals surface area contributed by atoms with Gasteiger partial charge >= 0.3 is 0 Å². The first-order chi connectivity index (χ1) is 13.4. The number of carbonyl (C=O) groups is 2. The summed E-state index contributed by atoms with van der Waals surface area (Å²) in [7, 11) is 0. The summed E-state index contributed by atoms with van der Waals surface area (Å²) in [5.74, 6) is 0.0116. The van der Waals surface area contributed by atoms with Gasteiger partial charge in [0.1, 0.15) is 0 Å². The molecule has 2 N–H and O–H groups in total. The quantitative estimate of drug-likeness (QED) is 0.358. The lowest BCUT2D eigenvalue weighted by molar-refractivity contribution is -0.384. The molecule has 0 saturated carbocycles. The molecule has 2 aromatic rings. The minimum atomic E-state index is -0.468. The summed E-state index contributed by atoms with van der Waals surface area (Å²) in [6, 6.07) is 11.6. The molecule has 0 bridgehead atoms. The molecular weight excluding hydrogens is 378 g/mol. The number of rotatable bonds is 9. The van der Waals surface area contributed by atoms with Gasteiger partial charge in [0.05, 0.1) is 10.7 Å². The molecule has 0 unspecified atom stereocenters. The highest BCUT2D eigenvalue weighted by Gasteiger charge is 2.10. The van der Waals surface area contributed by atoms with Gasteiger partial charge in [0, 0.05) is 34.8 Å². The minimum Gasteiger partial charge on any atom is -0.326 e. The topological polar surface area (TPSA) is 101 Å². The van der Waals surface area contributed by atoms with Crippen molar-refractivity contribution in [3.8, 4) is 0 Å². The van der Waals surface area contributed by atoms with E-state index in [0.29, 0.717) is 17.7 Å². The summed E-state index contributed by atoms with van der Waals surface area (Å²) in [5, 5.41) is 16.4. The predicted molar refractivity (Wildman–Crippen MR) is 112 cm³/mol. The number of non-ortho nitro benzene ring substituents is 1. The third-order valence-electron chi connectivity index (χ3n) is 3.96. The molecule has 0 atom stereocenters. The van der Waals surface area contributed by atoms with Gasteiger partial charge in [-0.15, -0.1) is 11.8 Å². The number of hydrogen-bond acceptors (Lipinski definition) is 5. The third-order valence-corrected chi connectivity index (χ3v) is 4.97. The van der Waals surface area contributed by atoms with Gasteiger partial charge < -0.3 is 10.6 Å². The van der Waals surface area contributed by atoms with Crippen LogP contribution in [0.3, 0.4) is 0 Å². The fraction of sp³-hybridized carbons (Fsp3) is 0.300. The average molecular weight is 401 g/mol. The number of nitrogens with zero attached hydrogens (tertiary/aromatic N) is 1. The van der Waals surface area contributed by atoms with Crippen molar-refractivity contribution in [1.82, 2.24) is 0 Å². The Labute approximate surface area is 168 Å². The predicted octanol–water partition coefficient (Wildman–Crippen LogP) is 4.76. The van der Waals surface area contributed by atoms with Gasteiger partial charge in [-0.05, 0) is 49.2 Å². The molecule has 0 saturated heterocycles. The number of anilines is 2. The van der Waals surface area contributed by atoms with Crippen molar-refractivity contribution in [3.05, 3.63) is 58.1 Å². The van der Waals surface area contributed by atoms with Crippen molar-refractivity contribution in [2.45, 2.75) is 38.0 Å². The smallest absolute Gasteiger partial charge is 0.269 e. The fourth-order valence-electron chi connectivity index (χ4n) is 2.43. The molecule has 2 rings (SSSR count). The highest BCUT2D eigenvalue weighted by atomic mass is 32.2. The molecule has 28 heavy (non-hydrogen) atoms. The van der Waals surface area contributed by atoms with Crippen LogP contribution in [0.2, 0.25) is 0 Å². The summed E-state index contributed by atoms with van der Waals surface area (Å²) < 4.78 is 0. The van der Waals surface area contributed by atoms with E-state index in [9.17, 15) is 19.7 Å². The molecule has 0 aliphatic heterocycles. The summed E-state index contributed by atoms with van der Waals surface area (Å²) in [6.45, 7) is 3.75. The number of nitrogens with one attached hydrogen (secondary N) is 2. The van der Waals surface area contributed by atoms with Gasteiger partial charge in [-0.3, -0.25) is 19.7 Å². The number of nitro benzene ring substituents is 1. The molecule has 0 fully saturated rings. The first-order valence-corrected chi connectivity index (χ1v) is 9.95. The van der Waals surface area contributed by atoms with Crippen LogP contribution in [0, 0.1) is 17.0 Å². The van der Waals surface area contributed by atoms with E-state index in [2.05, 4.69) is 10.6 Å². The van der Waals surface area contributed by atoms with E-state index in [1.165, 1.54) is 30.0 Å². The van der Waals surface area contributed by atoms with Crippen molar-refractivity contribution in [1.29, 1.82) is 0 Å². The van der Waals surface area contributed by atoms with Crippen LogP contribution >= 0.6 is 11.8 Å². The van der Waals surface area contributed by atoms with Crippen molar-refractivity contribution in [2.24, 2.45) is 0 Å². The molecule has 0 aliphatic rings. The second-order valence-corrected chi connectivity index (χ2v) is 7.32. The number of carbonyl (C=O) groups excluding carboxylic acids is 2. The summed E-state index contributed by atoms with van der Waals surface area (Å²) >= 11 is 1.37. The van der Waals surface area contributed by atoms with Gasteiger partial charge in [0.25, 0.3) is 5.69 Å². The second kappa shape index (κ2) is 10.5. The maximum atomic E-state index is 12.1. The lowest BCUT2D eigenvalue weighted by atomic mass is 10.2. The molecule has 0 radical (unpaired) electrons. The van der Waals surface area contributed by atoms with Crippen LogP contribution in [0.15, 0.2) is 47.4 Å². The molecule has 0 aromatic heterocycles. The molecule has 2 aromatic carbocycles. The van der Waals surface area contributed by atoms with Gasteiger partial charge in [-0.25, -0.2) is 0 Å². The Morgan fingerprint density at radius 2 is 1.79 bits per heavy atom. The van der Waals surface area contributed by atoms with E-state index in [0.717, 1.165) is 23.4 Å². The van der Waals surface area contributed by atoms with Crippen molar-refractivity contribution < 1.29 is 14.5 Å². The molecule has 8 heteroatoms. The van der Waals surface area contributed by atoms with Crippen LogP contribution in [0.5, 0.6) is 0 Å². The lowest BCUT2D eigenvalue weighted by Gasteiger charge is -2.09. The Morgan fingerprint density at radius 3 is 2.39 bits per heavy atom. The zero-order valence-electron chi connectivity index (χ0n) is 15.9. The Kier molecular flexibility index (Phi) is 8.01. The van der Waals surface area contributed by atoms with E-state index in [1.54, 1.807) is 6.92 Å². The number of benzene rings is 2. The number of aryl methyl sites for hydroxylation is 1. The highest BCUT2D eigenvalue weighted by Crippen LogP contribution is 2.23. The van der Waals surface area contributed by atoms with Gasteiger partial charge in [0.15, 0.2) is 0 Å². The number of nitro groups is 1. The molecule has 148 valence electrons. The molecule has 0 heterocycles. The molecule has 0 spiro atoms. The number of amides is 2. The van der Waals surface area contributed by atoms with E-state index in [-0.39, 0.29) is 23.3 Å². The normalized spacial score (nSPS) is 10.4. The maximum Gasteiger partial charge on any atom is 0.269 e. The van der Waals surface area contributed by atoms with Crippen LogP contribution in [0.25, 0.3) is 0 Å². The van der Waals surface area contributed by atoms with E-state index < -0.39 is 4.92 Å². The molecule has 2 amide bonds. The largest absolute Gasteiger partial charge is 0.326 e. The Hall–Kier alpha value is -2.87. The van der Waals surface area contributed by atoms with Crippen molar-refractivity contribution in [2.75, 3.05) is 16.4 Å². The standard InChI is InChI=1S/C20H23N3O4S/c1-3-4-5-19(24)21-15-6-9-17(10-7-15)28-13-20(25)22-18-11-8-16(23(26)27)12-14(18)2/h6-12H,3-5,13H2,1-2H3,(H,21,24)(H,22,25). The van der Waals surface area contributed by atoms with Gasteiger partial charge in [0.2, 0.25) is 11.8 Å². The first kappa shape index (κ1) is 21.4. The SMILES string of the molecule is CCCCC(=O)Nc1ccc(SCC(=O)Nc2ccc([N+](=O)[O-])cc2C)cc1. The third kappa shape index (κ3) is 6.70. The second-order valence-electron chi connectivity index (χ2n) is 6.27. The summed E-state index contributed by atoms with van der Waals surface area (Å²) in [4.78, 5) is 35.1. The zero-order valence-corrected chi connectivity index (χ0v) is 16.7. The molecule has 7 nitrogen and oxygen atoms in total. The van der Waals surface area contributed by atoms with Gasteiger partial charge in [-0.1, -0.05) is 13.3 Å². The van der Waals surface area contributed by atoms with Crippen LogP contribution in [0.4, 0.5) is 17.1 Å². The number of unbranched alkanes of at least 4 members (excludes halogenated alkanes) is 1. The van der Waals surface area contributed by atoms with Crippen molar-refractivity contribution in [3.63, 3.8) is 0 Å².